The second kappa shape index (κ2) is 6.38. The summed E-state index contributed by atoms with van der Waals surface area (Å²) in [5.41, 5.74) is 0.750. The maximum absolute atomic E-state index is 12.4. The fraction of sp³-hybridized carbons (Fsp3) is 0.529. The van der Waals surface area contributed by atoms with Gasteiger partial charge in [-0.25, -0.2) is 0 Å². The van der Waals surface area contributed by atoms with E-state index in [1.54, 1.807) is 19.1 Å². The van der Waals surface area contributed by atoms with Crippen LogP contribution in [0.5, 0.6) is 5.75 Å². The Morgan fingerprint density at radius 1 is 1.36 bits per heavy atom. The quantitative estimate of drug-likeness (QED) is 0.901. The van der Waals surface area contributed by atoms with Crippen LogP contribution in [0.4, 0.5) is 0 Å². The Morgan fingerprint density at radius 2 is 2.00 bits per heavy atom. The summed E-state index contributed by atoms with van der Waals surface area (Å²) in [4.78, 5) is 25.5. The molecular weight excluding hydrogens is 280 g/mol. The first-order chi connectivity index (χ1) is 10.3. The summed E-state index contributed by atoms with van der Waals surface area (Å²) in [6, 6.07) is 7.48. The van der Waals surface area contributed by atoms with Gasteiger partial charge >= 0.3 is 0 Å². The van der Waals surface area contributed by atoms with Crippen molar-refractivity contribution >= 4 is 11.8 Å². The molecule has 120 valence electrons. The van der Waals surface area contributed by atoms with Crippen molar-refractivity contribution < 1.29 is 14.3 Å². The van der Waals surface area contributed by atoms with Crippen LogP contribution >= 0.6 is 0 Å². The molecule has 0 spiro atoms. The van der Waals surface area contributed by atoms with Gasteiger partial charge < -0.3 is 15.0 Å². The number of nitrogens with zero attached hydrogens (tertiary/aromatic N) is 1. The second-order valence-electron chi connectivity index (χ2n) is 6.46. The zero-order valence-corrected chi connectivity index (χ0v) is 13.7. The van der Waals surface area contributed by atoms with E-state index in [4.69, 9.17) is 4.74 Å². The van der Waals surface area contributed by atoms with E-state index < -0.39 is 0 Å². The molecule has 2 amide bonds. The first-order valence-corrected chi connectivity index (χ1v) is 7.53. The van der Waals surface area contributed by atoms with Crippen molar-refractivity contribution in [3.63, 3.8) is 0 Å². The minimum atomic E-state index is -0.377. The molecule has 1 fully saturated rings. The molecule has 1 unspecified atom stereocenters. The number of likely N-dealkylation sites (tertiary alicyclic amines) is 1. The van der Waals surface area contributed by atoms with Crippen molar-refractivity contribution in [1.82, 2.24) is 10.2 Å². The Balaban J connectivity index is 1.97. The highest BCUT2D eigenvalue weighted by atomic mass is 16.5. The molecule has 0 aromatic heterocycles. The van der Waals surface area contributed by atoms with Gasteiger partial charge in [0, 0.05) is 19.0 Å². The number of likely N-dealkylation sites (N-methyl/N-ethyl adjacent to an activating group) is 1. The number of ether oxygens (including phenoxy) is 1. The van der Waals surface area contributed by atoms with Crippen molar-refractivity contribution in [2.24, 2.45) is 0 Å². The molecular formula is C17H24N2O3. The lowest BCUT2D eigenvalue weighted by atomic mass is 9.94. The van der Waals surface area contributed by atoms with Gasteiger partial charge in [-0.1, -0.05) is 12.1 Å². The average molecular weight is 304 g/mol. The Morgan fingerprint density at radius 3 is 2.50 bits per heavy atom. The Hall–Kier alpha value is -2.04. The van der Waals surface area contributed by atoms with Gasteiger partial charge in [0.05, 0.1) is 7.11 Å². The SMILES string of the molecule is COc1ccc(CC(C)(C)NC(=O)C2CCC(=O)N2C)cc1. The predicted octanol–water partition coefficient (Wildman–Crippen LogP) is 1.75. The number of rotatable bonds is 5. The number of carbonyl (C=O) groups is 2. The number of nitrogens with one attached hydrogen (secondary N) is 1. The number of methoxy groups -OCH3 is 1. The molecule has 1 aliphatic heterocycles. The largest absolute Gasteiger partial charge is 0.497 e. The minimum absolute atomic E-state index is 0.0353. The molecule has 2 rings (SSSR count). The highest BCUT2D eigenvalue weighted by Gasteiger charge is 2.35. The van der Waals surface area contributed by atoms with E-state index in [-0.39, 0.29) is 23.4 Å². The predicted molar refractivity (Wildman–Crippen MR) is 84.7 cm³/mol. The van der Waals surface area contributed by atoms with Gasteiger partial charge in [-0.2, -0.15) is 0 Å². The minimum Gasteiger partial charge on any atom is -0.497 e. The van der Waals surface area contributed by atoms with Gasteiger partial charge in [0.25, 0.3) is 0 Å². The Bertz CT molecular complexity index is 552. The third kappa shape index (κ3) is 3.78. The maximum Gasteiger partial charge on any atom is 0.243 e. The number of benzene rings is 1. The molecule has 1 N–H and O–H groups in total. The van der Waals surface area contributed by atoms with Crippen LogP contribution in [-0.2, 0) is 16.0 Å². The molecule has 5 nitrogen and oxygen atoms in total. The summed E-state index contributed by atoms with van der Waals surface area (Å²) in [6.07, 6.45) is 1.76. The van der Waals surface area contributed by atoms with E-state index in [2.05, 4.69) is 5.32 Å². The Labute approximate surface area is 131 Å². The van der Waals surface area contributed by atoms with Crippen molar-refractivity contribution in [1.29, 1.82) is 0 Å². The number of hydrogen-bond donors (Lipinski definition) is 1. The summed E-state index contributed by atoms with van der Waals surface area (Å²) < 4.78 is 5.15. The van der Waals surface area contributed by atoms with Gasteiger partial charge in [-0.05, 0) is 44.4 Å². The van der Waals surface area contributed by atoms with Crippen molar-refractivity contribution in [2.75, 3.05) is 14.2 Å². The number of carbonyl (C=O) groups excluding carboxylic acids is 2. The molecule has 1 heterocycles. The van der Waals surface area contributed by atoms with E-state index >= 15 is 0 Å². The lowest BCUT2D eigenvalue weighted by Crippen LogP contribution is -2.52. The molecule has 1 saturated heterocycles. The van der Waals surface area contributed by atoms with Crippen molar-refractivity contribution in [2.45, 2.75) is 44.7 Å². The number of amides is 2. The molecule has 1 aromatic carbocycles. The van der Waals surface area contributed by atoms with Crippen LogP contribution < -0.4 is 10.1 Å². The summed E-state index contributed by atoms with van der Waals surface area (Å²) in [5, 5.41) is 3.06. The molecule has 1 atom stereocenters. The van der Waals surface area contributed by atoms with Crippen LogP contribution in [0.2, 0.25) is 0 Å². The van der Waals surface area contributed by atoms with E-state index in [9.17, 15) is 9.59 Å². The van der Waals surface area contributed by atoms with Crippen molar-refractivity contribution in [3.05, 3.63) is 29.8 Å². The first kappa shape index (κ1) is 16.3. The van der Waals surface area contributed by atoms with Crippen LogP contribution in [0.3, 0.4) is 0 Å². The van der Waals surface area contributed by atoms with Crippen LogP contribution in [0, 0.1) is 0 Å². The number of hydrogen-bond acceptors (Lipinski definition) is 3. The zero-order chi connectivity index (χ0) is 16.3. The summed E-state index contributed by atoms with van der Waals surface area (Å²) in [6.45, 7) is 3.98. The van der Waals surface area contributed by atoms with Crippen LogP contribution in [-0.4, -0.2) is 42.5 Å². The molecule has 1 aliphatic rings. The summed E-state index contributed by atoms with van der Waals surface area (Å²) in [5.74, 6) is 0.775. The van der Waals surface area contributed by atoms with E-state index in [0.717, 1.165) is 11.3 Å². The van der Waals surface area contributed by atoms with Crippen LogP contribution in [0.1, 0.15) is 32.3 Å². The van der Waals surface area contributed by atoms with E-state index in [0.29, 0.717) is 19.3 Å². The molecule has 0 radical (unpaired) electrons. The van der Waals surface area contributed by atoms with E-state index in [1.807, 2.05) is 38.1 Å². The fourth-order valence-electron chi connectivity index (χ4n) is 2.83. The lowest BCUT2D eigenvalue weighted by Gasteiger charge is -2.29. The lowest BCUT2D eigenvalue weighted by molar-refractivity contribution is -0.134. The third-order valence-corrected chi connectivity index (χ3v) is 4.06. The van der Waals surface area contributed by atoms with Crippen LogP contribution in [0.25, 0.3) is 0 Å². The van der Waals surface area contributed by atoms with Gasteiger partial charge in [-0.15, -0.1) is 0 Å². The van der Waals surface area contributed by atoms with Crippen LogP contribution in [0.15, 0.2) is 24.3 Å². The molecule has 0 saturated carbocycles. The molecule has 0 aliphatic carbocycles. The van der Waals surface area contributed by atoms with E-state index in [1.165, 1.54) is 0 Å². The molecule has 1 aromatic rings. The van der Waals surface area contributed by atoms with Gasteiger partial charge in [0.15, 0.2) is 0 Å². The topological polar surface area (TPSA) is 58.6 Å². The normalized spacial score (nSPS) is 18.5. The fourth-order valence-corrected chi connectivity index (χ4v) is 2.83. The smallest absolute Gasteiger partial charge is 0.243 e. The Kier molecular flexibility index (Phi) is 4.74. The summed E-state index contributed by atoms with van der Waals surface area (Å²) >= 11 is 0. The molecule has 22 heavy (non-hydrogen) atoms. The maximum atomic E-state index is 12.4. The summed E-state index contributed by atoms with van der Waals surface area (Å²) in [7, 11) is 3.33. The van der Waals surface area contributed by atoms with Gasteiger partial charge in [0.1, 0.15) is 11.8 Å². The average Bonchev–Trinajstić information content (AvgIpc) is 2.79. The second-order valence-corrected chi connectivity index (χ2v) is 6.46. The monoisotopic (exact) mass is 304 g/mol. The van der Waals surface area contributed by atoms with Gasteiger partial charge in [-0.3, -0.25) is 9.59 Å². The highest BCUT2D eigenvalue weighted by molar-refractivity contribution is 5.91. The van der Waals surface area contributed by atoms with Crippen molar-refractivity contribution in [3.8, 4) is 5.75 Å². The van der Waals surface area contributed by atoms with Gasteiger partial charge in [0.2, 0.25) is 11.8 Å². The molecule has 5 heteroatoms. The third-order valence-electron chi connectivity index (χ3n) is 4.06. The highest BCUT2D eigenvalue weighted by Crippen LogP contribution is 2.20. The molecule has 0 bridgehead atoms. The standard InChI is InChI=1S/C17H24N2O3/c1-17(2,11-12-5-7-13(22-4)8-6-12)18-16(21)14-9-10-15(20)19(14)3/h5-8,14H,9-11H2,1-4H3,(H,18,21). The zero-order valence-electron chi connectivity index (χ0n) is 13.7. The first-order valence-electron chi connectivity index (χ1n) is 7.53.